The number of rotatable bonds is 5. The van der Waals surface area contributed by atoms with E-state index in [0.717, 1.165) is 21.9 Å². The molecule has 0 aliphatic carbocycles. The standard InChI is InChI=1S/C22H16ClN5O4S/c23-13-5-7-14(8-6-13)27-10-12(9-18(27)30)19-25-26-22(33-19)24-17(29)11-28-20(31)15-3-1-2-4-16(15)21(28)32/h1-8,12H,9-11H2,(H,24,26,29)/t12-/m1/s1. The summed E-state index contributed by atoms with van der Waals surface area (Å²) in [4.78, 5) is 52.4. The molecular weight excluding hydrogens is 466 g/mol. The molecule has 0 bridgehead atoms. The van der Waals surface area contributed by atoms with Gasteiger partial charge in [-0.25, -0.2) is 0 Å². The molecule has 0 radical (unpaired) electrons. The lowest BCUT2D eigenvalue weighted by Crippen LogP contribution is -2.37. The molecule has 4 amide bonds. The monoisotopic (exact) mass is 481 g/mol. The topological polar surface area (TPSA) is 113 Å². The Kier molecular flexibility index (Phi) is 5.39. The second-order valence-electron chi connectivity index (χ2n) is 7.62. The second-order valence-corrected chi connectivity index (χ2v) is 9.06. The average molecular weight is 482 g/mol. The van der Waals surface area contributed by atoms with Gasteiger partial charge in [0.05, 0.1) is 11.1 Å². The summed E-state index contributed by atoms with van der Waals surface area (Å²) in [6.07, 6.45) is 0.278. The third-order valence-corrected chi connectivity index (χ3v) is 6.73. The Labute approximate surface area is 197 Å². The van der Waals surface area contributed by atoms with Gasteiger partial charge in [0.1, 0.15) is 11.6 Å². The van der Waals surface area contributed by atoms with Crippen LogP contribution >= 0.6 is 22.9 Å². The van der Waals surface area contributed by atoms with Crippen molar-refractivity contribution >= 4 is 57.4 Å². The lowest BCUT2D eigenvalue weighted by atomic mass is 10.1. The third-order valence-electron chi connectivity index (χ3n) is 5.48. The molecule has 5 rings (SSSR count). The van der Waals surface area contributed by atoms with Crippen LogP contribution < -0.4 is 10.2 Å². The Morgan fingerprint density at radius 1 is 1.03 bits per heavy atom. The third kappa shape index (κ3) is 3.98. The van der Waals surface area contributed by atoms with Gasteiger partial charge >= 0.3 is 0 Å². The first-order chi connectivity index (χ1) is 15.9. The molecule has 3 heterocycles. The highest BCUT2D eigenvalue weighted by Gasteiger charge is 2.37. The molecule has 2 aliphatic rings. The molecule has 0 spiro atoms. The zero-order chi connectivity index (χ0) is 23.1. The van der Waals surface area contributed by atoms with Crippen LogP contribution in [0.15, 0.2) is 48.5 Å². The molecule has 2 aromatic carbocycles. The molecule has 3 aromatic rings. The van der Waals surface area contributed by atoms with Crippen molar-refractivity contribution in [1.29, 1.82) is 0 Å². The SMILES string of the molecule is O=C(CN1C(=O)c2ccccc2C1=O)Nc1nnc([C@@H]2CC(=O)N(c3ccc(Cl)cc3)C2)s1. The van der Waals surface area contributed by atoms with E-state index in [2.05, 4.69) is 15.5 Å². The smallest absolute Gasteiger partial charge is 0.262 e. The van der Waals surface area contributed by atoms with Crippen molar-refractivity contribution in [3.63, 3.8) is 0 Å². The summed E-state index contributed by atoms with van der Waals surface area (Å²) in [6, 6.07) is 13.5. The van der Waals surface area contributed by atoms with Crippen LogP contribution in [-0.2, 0) is 9.59 Å². The summed E-state index contributed by atoms with van der Waals surface area (Å²) in [6.45, 7) is 0.0194. The number of amides is 4. The molecule has 166 valence electrons. The van der Waals surface area contributed by atoms with Gasteiger partial charge in [-0.1, -0.05) is 35.1 Å². The number of hydrogen-bond donors (Lipinski definition) is 1. The number of hydrogen-bond acceptors (Lipinski definition) is 7. The molecule has 0 unspecified atom stereocenters. The van der Waals surface area contributed by atoms with Gasteiger partial charge in [0, 0.05) is 29.6 Å². The maximum absolute atomic E-state index is 12.5. The quantitative estimate of drug-likeness (QED) is 0.561. The van der Waals surface area contributed by atoms with E-state index < -0.39 is 24.3 Å². The molecule has 2 aliphatic heterocycles. The molecule has 1 saturated heterocycles. The minimum absolute atomic E-state index is 0.0336. The number of carbonyl (C=O) groups excluding carboxylic acids is 4. The Balaban J connectivity index is 1.22. The number of aromatic nitrogens is 2. The van der Waals surface area contributed by atoms with Gasteiger partial charge in [-0.3, -0.25) is 29.4 Å². The predicted octanol–water partition coefficient (Wildman–Crippen LogP) is 2.95. The molecule has 1 atom stereocenters. The lowest BCUT2D eigenvalue weighted by molar-refractivity contribution is -0.117. The number of anilines is 2. The van der Waals surface area contributed by atoms with Crippen molar-refractivity contribution in [3.8, 4) is 0 Å². The zero-order valence-electron chi connectivity index (χ0n) is 17.0. The first kappa shape index (κ1) is 21.2. The number of benzene rings is 2. The summed E-state index contributed by atoms with van der Waals surface area (Å²) in [7, 11) is 0. The number of nitrogens with one attached hydrogen (secondary N) is 1. The minimum Gasteiger partial charge on any atom is -0.312 e. The maximum Gasteiger partial charge on any atom is 0.262 e. The highest BCUT2D eigenvalue weighted by molar-refractivity contribution is 7.15. The second kappa shape index (κ2) is 8.38. The molecule has 9 nitrogen and oxygen atoms in total. The summed E-state index contributed by atoms with van der Waals surface area (Å²) in [5, 5.41) is 12.2. The van der Waals surface area contributed by atoms with Gasteiger partial charge < -0.3 is 4.90 Å². The highest BCUT2D eigenvalue weighted by atomic mass is 35.5. The summed E-state index contributed by atoms with van der Waals surface area (Å²) >= 11 is 7.09. The lowest BCUT2D eigenvalue weighted by Gasteiger charge is -2.16. The number of carbonyl (C=O) groups is 4. The van der Waals surface area contributed by atoms with E-state index in [1.807, 2.05) is 0 Å². The first-order valence-electron chi connectivity index (χ1n) is 10.0. The van der Waals surface area contributed by atoms with Crippen LogP contribution in [0.2, 0.25) is 5.02 Å². The normalized spacial score (nSPS) is 17.6. The molecule has 1 aromatic heterocycles. The molecular formula is C22H16ClN5O4S. The first-order valence-corrected chi connectivity index (χ1v) is 11.2. The molecule has 33 heavy (non-hydrogen) atoms. The molecule has 0 saturated carbocycles. The van der Waals surface area contributed by atoms with Crippen molar-refractivity contribution in [2.45, 2.75) is 12.3 Å². The van der Waals surface area contributed by atoms with Crippen LogP contribution in [0.3, 0.4) is 0 Å². The number of halogens is 1. The van der Waals surface area contributed by atoms with Gasteiger partial charge in [-0.2, -0.15) is 0 Å². The molecule has 1 N–H and O–H groups in total. The van der Waals surface area contributed by atoms with Gasteiger partial charge in [0.2, 0.25) is 16.9 Å². The van der Waals surface area contributed by atoms with Gasteiger partial charge in [0.15, 0.2) is 0 Å². The van der Waals surface area contributed by atoms with E-state index >= 15 is 0 Å². The van der Waals surface area contributed by atoms with Crippen molar-refractivity contribution in [3.05, 3.63) is 69.7 Å². The van der Waals surface area contributed by atoms with E-state index in [4.69, 9.17) is 11.6 Å². The van der Waals surface area contributed by atoms with Crippen molar-refractivity contribution in [2.24, 2.45) is 0 Å². The van der Waals surface area contributed by atoms with E-state index in [1.54, 1.807) is 53.4 Å². The van der Waals surface area contributed by atoms with Crippen LogP contribution in [-0.4, -0.2) is 51.8 Å². The van der Waals surface area contributed by atoms with Gasteiger partial charge in [0.25, 0.3) is 11.8 Å². The van der Waals surface area contributed by atoms with Gasteiger partial charge in [-0.15, -0.1) is 10.2 Å². The Bertz CT molecular complexity index is 1260. The number of fused-ring (bicyclic) bond motifs is 1. The fraction of sp³-hybridized carbons (Fsp3) is 0.182. The maximum atomic E-state index is 12.5. The van der Waals surface area contributed by atoms with Crippen molar-refractivity contribution < 1.29 is 19.2 Å². The van der Waals surface area contributed by atoms with Crippen molar-refractivity contribution in [2.75, 3.05) is 23.3 Å². The fourth-order valence-corrected chi connectivity index (χ4v) is 4.86. The average Bonchev–Trinajstić information content (AvgIpc) is 3.48. The predicted molar refractivity (Wildman–Crippen MR) is 122 cm³/mol. The Hall–Kier alpha value is -3.63. The molecule has 1 fully saturated rings. The summed E-state index contributed by atoms with van der Waals surface area (Å²) in [5.41, 5.74) is 1.32. The van der Waals surface area contributed by atoms with Crippen LogP contribution in [0.1, 0.15) is 38.1 Å². The van der Waals surface area contributed by atoms with Crippen molar-refractivity contribution in [1.82, 2.24) is 15.1 Å². The van der Waals surface area contributed by atoms with Crippen LogP contribution in [0, 0.1) is 0 Å². The zero-order valence-corrected chi connectivity index (χ0v) is 18.6. The van der Waals surface area contributed by atoms with E-state index in [-0.39, 0.29) is 34.5 Å². The highest BCUT2D eigenvalue weighted by Crippen LogP contribution is 2.34. The molecule has 11 heteroatoms. The fourth-order valence-electron chi connectivity index (χ4n) is 3.88. The van der Waals surface area contributed by atoms with Crippen LogP contribution in [0.5, 0.6) is 0 Å². The van der Waals surface area contributed by atoms with E-state index in [1.165, 1.54) is 0 Å². The minimum atomic E-state index is -0.558. The Morgan fingerprint density at radius 3 is 2.36 bits per heavy atom. The number of nitrogens with zero attached hydrogens (tertiary/aromatic N) is 4. The van der Waals surface area contributed by atoms with E-state index in [0.29, 0.717) is 16.6 Å². The van der Waals surface area contributed by atoms with Gasteiger partial charge in [-0.05, 0) is 36.4 Å². The van der Waals surface area contributed by atoms with Crippen LogP contribution in [0.4, 0.5) is 10.8 Å². The van der Waals surface area contributed by atoms with Crippen LogP contribution in [0.25, 0.3) is 0 Å². The summed E-state index contributed by atoms with van der Waals surface area (Å²) < 4.78 is 0. The Morgan fingerprint density at radius 2 is 1.70 bits per heavy atom. The van der Waals surface area contributed by atoms with E-state index in [9.17, 15) is 19.2 Å². The largest absolute Gasteiger partial charge is 0.312 e. The number of imide groups is 1. The summed E-state index contributed by atoms with van der Waals surface area (Å²) in [5.74, 6) is -1.76.